The Morgan fingerprint density at radius 2 is 1.14 bits per heavy atom. The maximum Gasteiger partial charge on any atom is 0.346 e. The number of benzene rings is 1. The number of aromatic nitrogens is 4. The van der Waals surface area contributed by atoms with Crippen LogP contribution in [0.5, 0.6) is 0 Å². The van der Waals surface area contributed by atoms with E-state index >= 15 is 0 Å². The quantitative estimate of drug-likeness (QED) is 0.716. The van der Waals surface area contributed by atoms with E-state index in [0.717, 1.165) is 35.4 Å². The largest absolute Gasteiger partial charge is 0.346 e. The fourth-order valence-electron chi connectivity index (χ4n) is 2.89. The van der Waals surface area contributed by atoms with Crippen molar-refractivity contribution in [1.82, 2.24) is 19.6 Å². The lowest BCUT2D eigenvalue weighted by molar-refractivity contribution is 0.250. The van der Waals surface area contributed by atoms with E-state index in [-0.39, 0.29) is 12.1 Å². The van der Waals surface area contributed by atoms with E-state index < -0.39 is 0 Å². The zero-order chi connectivity index (χ0) is 20.3. The molecule has 2 aromatic heterocycles. The molecule has 0 unspecified atom stereocenters. The molecule has 0 atom stereocenters. The first kappa shape index (κ1) is 19.3. The van der Waals surface area contributed by atoms with Crippen LogP contribution in [0, 0.1) is 13.8 Å². The maximum atomic E-state index is 12.3. The van der Waals surface area contributed by atoms with Gasteiger partial charge in [0.25, 0.3) is 0 Å². The minimum atomic E-state index is -0.335. The van der Waals surface area contributed by atoms with Crippen LogP contribution in [0.1, 0.15) is 36.4 Å². The number of amides is 2. The second-order valence-corrected chi connectivity index (χ2v) is 6.51. The predicted octanol–water partition coefficient (Wildman–Crippen LogP) is 3.98. The third kappa shape index (κ3) is 4.11. The van der Waals surface area contributed by atoms with Gasteiger partial charge in [0.15, 0.2) is 0 Å². The van der Waals surface area contributed by atoms with Crippen LogP contribution in [0.3, 0.4) is 0 Å². The molecule has 8 heteroatoms. The fourth-order valence-corrected chi connectivity index (χ4v) is 2.89. The molecule has 0 saturated heterocycles. The summed E-state index contributed by atoms with van der Waals surface area (Å²) in [7, 11) is 0. The number of nitrogens with one attached hydrogen (secondary N) is 2. The molecule has 0 aliphatic rings. The Kier molecular flexibility index (Phi) is 5.58. The molecule has 1 aromatic carbocycles. The number of hydrogen-bond donors (Lipinski definition) is 2. The highest BCUT2D eigenvalue weighted by Crippen LogP contribution is 2.15. The lowest BCUT2D eigenvalue weighted by Crippen LogP contribution is -2.21. The topological polar surface area (TPSA) is 93.8 Å². The molecule has 0 aliphatic carbocycles. The van der Waals surface area contributed by atoms with Crippen molar-refractivity contribution in [2.45, 2.75) is 40.5 Å². The van der Waals surface area contributed by atoms with Gasteiger partial charge in [0, 0.05) is 23.8 Å². The van der Waals surface area contributed by atoms with E-state index in [1.54, 1.807) is 36.7 Å². The number of carbonyl (C=O) groups is 2. The van der Waals surface area contributed by atoms with Crippen LogP contribution in [0.25, 0.3) is 0 Å². The van der Waals surface area contributed by atoms with Crippen molar-refractivity contribution < 1.29 is 9.59 Å². The summed E-state index contributed by atoms with van der Waals surface area (Å²) in [6, 6.07) is 6.21. The van der Waals surface area contributed by atoms with Gasteiger partial charge in [-0.1, -0.05) is 13.8 Å². The Balaban J connectivity index is 1.64. The molecular formula is C20H24N6O2. The zero-order valence-electron chi connectivity index (χ0n) is 16.5. The van der Waals surface area contributed by atoms with E-state index in [9.17, 15) is 9.59 Å². The first-order valence-corrected chi connectivity index (χ1v) is 9.24. The van der Waals surface area contributed by atoms with Crippen molar-refractivity contribution in [3.8, 4) is 0 Å². The molecule has 2 N–H and O–H groups in total. The van der Waals surface area contributed by atoms with Gasteiger partial charge in [0.1, 0.15) is 0 Å². The SMILES string of the molecule is CCc1cn(C(=O)Nc2ccc(NC(=O)n3cc(CC)c(C)n3)cc2)nc1C. The number of carbonyl (C=O) groups excluding carboxylic acids is 2. The van der Waals surface area contributed by atoms with Crippen molar-refractivity contribution >= 4 is 23.4 Å². The van der Waals surface area contributed by atoms with Crippen LogP contribution in [-0.2, 0) is 12.8 Å². The highest BCUT2D eigenvalue weighted by Gasteiger charge is 2.12. The zero-order valence-corrected chi connectivity index (χ0v) is 16.5. The average Bonchev–Trinajstić information content (AvgIpc) is 3.25. The Morgan fingerprint density at radius 3 is 1.43 bits per heavy atom. The molecule has 3 aromatic rings. The summed E-state index contributed by atoms with van der Waals surface area (Å²) in [6.07, 6.45) is 5.11. The molecular weight excluding hydrogens is 356 g/mol. The van der Waals surface area contributed by atoms with E-state index in [1.807, 2.05) is 27.7 Å². The van der Waals surface area contributed by atoms with Crippen LogP contribution in [-0.4, -0.2) is 31.6 Å². The van der Waals surface area contributed by atoms with Crippen molar-refractivity contribution in [3.63, 3.8) is 0 Å². The molecule has 3 rings (SSSR count). The van der Waals surface area contributed by atoms with Gasteiger partial charge >= 0.3 is 12.1 Å². The molecule has 0 aliphatic heterocycles. The fraction of sp³-hybridized carbons (Fsp3) is 0.300. The lowest BCUT2D eigenvalue weighted by atomic mass is 10.2. The summed E-state index contributed by atoms with van der Waals surface area (Å²) in [5.41, 5.74) is 4.98. The third-order valence-corrected chi connectivity index (χ3v) is 4.57. The van der Waals surface area contributed by atoms with Gasteiger partial charge in [-0.3, -0.25) is 0 Å². The van der Waals surface area contributed by atoms with E-state index in [4.69, 9.17) is 0 Å². The predicted molar refractivity (Wildman–Crippen MR) is 108 cm³/mol. The van der Waals surface area contributed by atoms with Crippen LogP contribution in [0.15, 0.2) is 36.7 Å². The number of rotatable bonds is 4. The van der Waals surface area contributed by atoms with E-state index in [1.165, 1.54) is 9.36 Å². The number of anilines is 2. The summed E-state index contributed by atoms with van der Waals surface area (Å²) in [5.74, 6) is 0. The molecule has 0 fully saturated rings. The molecule has 0 spiro atoms. The van der Waals surface area contributed by atoms with Gasteiger partial charge in [0.05, 0.1) is 11.4 Å². The van der Waals surface area contributed by atoms with Crippen LogP contribution in [0.4, 0.5) is 21.0 Å². The van der Waals surface area contributed by atoms with E-state index in [0.29, 0.717) is 11.4 Å². The minimum Gasteiger partial charge on any atom is -0.306 e. The number of nitrogens with zero attached hydrogens (tertiary/aromatic N) is 4. The van der Waals surface area contributed by atoms with Gasteiger partial charge in [-0.05, 0) is 62.1 Å². The monoisotopic (exact) mass is 380 g/mol. The van der Waals surface area contributed by atoms with Gasteiger partial charge in [-0.25, -0.2) is 9.59 Å². The normalized spacial score (nSPS) is 10.7. The van der Waals surface area contributed by atoms with Gasteiger partial charge in [0.2, 0.25) is 0 Å². The lowest BCUT2D eigenvalue weighted by Gasteiger charge is -2.08. The summed E-state index contributed by atoms with van der Waals surface area (Å²) in [4.78, 5) is 24.6. The average molecular weight is 380 g/mol. The molecule has 0 radical (unpaired) electrons. The van der Waals surface area contributed by atoms with Crippen molar-refractivity contribution in [1.29, 1.82) is 0 Å². The molecule has 28 heavy (non-hydrogen) atoms. The Bertz CT molecular complexity index is 919. The standard InChI is InChI=1S/C20H24N6O2/c1-5-15-11-25(23-13(15)3)19(27)21-17-7-9-18(10-8-17)22-20(28)26-12-16(6-2)14(4)24-26/h7-12H,5-6H2,1-4H3,(H,21,27)(H,22,28). The highest BCUT2D eigenvalue weighted by atomic mass is 16.2. The Hall–Kier alpha value is -3.42. The van der Waals surface area contributed by atoms with Gasteiger partial charge < -0.3 is 10.6 Å². The van der Waals surface area contributed by atoms with E-state index in [2.05, 4.69) is 20.8 Å². The Morgan fingerprint density at radius 1 is 0.786 bits per heavy atom. The smallest absolute Gasteiger partial charge is 0.306 e. The number of hydrogen-bond acceptors (Lipinski definition) is 4. The van der Waals surface area contributed by atoms with Crippen molar-refractivity contribution in [3.05, 3.63) is 59.2 Å². The highest BCUT2D eigenvalue weighted by molar-refractivity contribution is 5.92. The molecule has 0 bridgehead atoms. The third-order valence-electron chi connectivity index (χ3n) is 4.57. The Labute approximate surface area is 163 Å². The second kappa shape index (κ2) is 8.08. The molecule has 2 heterocycles. The maximum absolute atomic E-state index is 12.3. The van der Waals surface area contributed by atoms with Crippen LogP contribution >= 0.6 is 0 Å². The van der Waals surface area contributed by atoms with Crippen LogP contribution in [0.2, 0.25) is 0 Å². The molecule has 2 amide bonds. The summed E-state index contributed by atoms with van der Waals surface area (Å²) >= 11 is 0. The van der Waals surface area contributed by atoms with Gasteiger partial charge in [-0.15, -0.1) is 0 Å². The van der Waals surface area contributed by atoms with Crippen LogP contribution < -0.4 is 10.6 Å². The molecule has 8 nitrogen and oxygen atoms in total. The summed E-state index contributed by atoms with van der Waals surface area (Å²) in [6.45, 7) is 7.80. The molecule has 146 valence electrons. The minimum absolute atomic E-state index is 0.335. The number of aryl methyl sites for hydroxylation is 4. The first-order chi connectivity index (χ1) is 13.4. The molecule has 0 saturated carbocycles. The second-order valence-electron chi connectivity index (χ2n) is 6.51. The van der Waals surface area contributed by atoms with Gasteiger partial charge in [-0.2, -0.15) is 19.6 Å². The summed E-state index contributed by atoms with van der Waals surface area (Å²) < 4.78 is 2.60. The summed E-state index contributed by atoms with van der Waals surface area (Å²) in [5, 5.41) is 14.0. The van der Waals surface area contributed by atoms with Crippen molar-refractivity contribution in [2.75, 3.05) is 10.6 Å². The first-order valence-electron chi connectivity index (χ1n) is 9.24. The van der Waals surface area contributed by atoms with Crippen molar-refractivity contribution in [2.24, 2.45) is 0 Å².